The van der Waals surface area contributed by atoms with Crippen molar-refractivity contribution in [3.8, 4) is 0 Å². The van der Waals surface area contributed by atoms with Gasteiger partial charge in [0.2, 0.25) is 5.91 Å². The fourth-order valence-corrected chi connectivity index (χ4v) is 3.19. The van der Waals surface area contributed by atoms with Gasteiger partial charge in [-0.15, -0.1) is 0 Å². The largest absolute Gasteiger partial charge is 0.377 e. The summed E-state index contributed by atoms with van der Waals surface area (Å²) in [5, 5.41) is 6.98. The Bertz CT molecular complexity index is 527. The van der Waals surface area contributed by atoms with Crippen molar-refractivity contribution in [3.05, 3.63) is 17.5 Å². The van der Waals surface area contributed by atoms with Gasteiger partial charge in [0.25, 0.3) is 0 Å². The molecule has 0 spiro atoms. The summed E-state index contributed by atoms with van der Waals surface area (Å²) in [6, 6.07) is 1.90. The third-order valence-corrected chi connectivity index (χ3v) is 4.74. The van der Waals surface area contributed by atoms with Gasteiger partial charge in [-0.2, -0.15) is 0 Å². The Hall–Kier alpha value is -1.40. The molecule has 1 aromatic rings. The van der Waals surface area contributed by atoms with Gasteiger partial charge in [0.15, 0.2) is 0 Å². The van der Waals surface area contributed by atoms with Gasteiger partial charge in [-0.05, 0) is 38.5 Å². The lowest BCUT2D eigenvalue weighted by Crippen LogP contribution is -2.46. The molecule has 1 amide bonds. The minimum atomic E-state index is -0.0560. The van der Waals surface area contributed by atoms with Gasteiger partial charge in [0.1, 0.15) is 11.5 Å². The van der Waals surface area contributed by atoms with E-state index in [2.05, 4.69) is 17.4 Å². The Morgan fingerprint density at radius 2 is 2.26 bits per heavy atom. The highest BCUT2D eigenvalue weighted by Gasteiger charge is 2.32. The smallest absolute Gasteiger partial charge is 0.223 e. The summed E-state index contributed by atoms with van der Waals surface area (Å²) in [5.74, 6) is 1.53. The minimum absolute atomic E-state index is 0.0266. The lowest BCUT2D eigenvalue weighted by atomic mass is 9.83. The molecule has 1 aromatic heterocycles. The molecule has 6 heteroatoms. The number of hydrogen-bond donors (Lipinski definition) is 2. The van der Waals surface area contributed by atoms with Crippen LogP contribution in [-0.2, 0) is 16.1 Å². The average molecular weight is 321 g/mol. The second-order valence-electron chi connectivity index (χ2n) is 6.80. The van der Waals surface area contributed by atoms with Crippen molar-refractivity contribution in [2.24, 2.45) is 11.7 Å². The van der Waals surface area contributed by atoms with E-state index in [9.17, 15) is 4.79 Å². The molecule has 0 bridgehead atoms. The minimum Gasteiger partial charge on any atom is -0.377 e. The van der Waals surface area contributed by atoms with Crippen LogP contribution in [-0.4, -0.2) is 29.8 Å². The van der Waals surface area contributed by atoms with E-state index in [1.54, 1.807) is 0 Å². The van der Waals surface area contributed by atoms with Crippen LogP contribution in [0.5, 0.6) is 0 Å². The molecule has 128 valence electrons. The topological polar surface area (TPSA) is 90.4 Å². The highest BCUT2D eigenvalue weighted by atomic mass is 16.5. The van der Waals surface area contributed by atoms with Gasteiger partial charge in [-0.3, -0.25) is 4.79 Å². The van der Waals surface area contributed by atoms with E-state index in [0.717, 1.165) is 37.3 Å². The summed E-state index contributed by atoms with van der Waals surface area (Å²) in [4.78, 5) is 12.3. The lowest BCUT2D eigenvalue weighted by molar-refractivity contribution is -0.127. The molecule has 1 heterocycles. The maximum absolute atomic E-state index is 12.3. The van der Waals surface area contributed by atoms with E-state index in [4.69, 9.17) is 15.0 Å². The van der Waals surface area contributed by atoms with Crippen molar-refractivity contribution >= 4 is 5.91 Å². The van der Waals surface area contributed by atoms with Crippen LogP contribution in [0.15, 0.2) is 10.6 Å². The predicted octanol–water partition coefficient (Wildman–Crippen LogP) is 2.09. The first-order valence-corrected chi connectivity index (χ1v) is 8.77. The zero-order valence-corrected chi connectivity index (χ0v) is 13.8. The second kappa shape index (κ2) is 7.45. The summed E-state index contributed by atoms with van der Waals surface area (Å²) in [6.07, 6.45) is 5.83. The van der Waals surface area contributed by atoms with Gasteiger partial charge in [-0.25, -0.2) is 0 Å². The second-order valence-corrected chi connectivity index (χ2v) is 6.80. The highest BCUT2D eigenvalue weighted by molar-refractivity contribution is 5.78. The molecule has 2 aliphatic rings. The van der Waals surface area contributed by atoms with Crippen molar-refractivity contribution in [2.45, 2.75) is 70.1 Å². The first-order chi connectivity index (χ1) is 11.2. The molecule has 2 fully saturated rings. The average Bonchev–Trinajstić information content (AvgIpc) is 3.30. The Kier molecular flexibility index (Phi) is 5.33. The molecule has 0 unspecified atom stereocenters. The number of hydrogen-bond acceptors (Lipinski definition) is 5. The normalized spacial score (nSPS) is 27.8. The van der Waals surface area contributed by atoms with E-state index in [1.165, 1.54) is 12.8 Å². The maximum Gasteiger partial charge on any atom is 0.223 e. The quantitative estimate of drug-likeness (QED) is 0.802. The van der Waals surface area contributed by atoms with E-state index < -0.39 is 0 Å². The summed E-state index contributed by atoms with van der Waals surface area (Å²) < 4.78 is 11.1. The van der Waals surface area contributed by atoms with Crippen LogP contribution in [0.25, 0.3) is 0 Å². The predicted molar refractivity (Wildman–Crippen MR) is 85.7 cm³/mol. The summed E-state index contributed by atoms with van der Waals surface area (Å²) in [6.45, 7) is 3.25. The summed E-state index contributed by atoms with van der Waals surface area (Å²) in [7, 11) is 0. The zero-order valence-electron chi connectivity index (χ0n) is 13.8. The molecular formula is C17H27N3O3. The van der Waals surface area contributed by atoms with Crippen molar-refractivity contribution in [2.75, 3.05) is 6.61 Å². The molecule has 0 aliphatic heterocycles. The maximum atomic E-state index is 12.3. The molecule has 0 saturated heterocycles. The van der Waals surface area contributed by atoms with Crippen molar-refractivity contribution in [1.29, 1.82) is 0 Å². The standard InChI is InChI=1S/C17H27N3O3/c1-2-7-22-15-6-5-12(8-14(15)18)17(21)19-10-13-9-16(23-20-13)11-3-4-11/h9,11-12,14-15H,2-8,10,18H2,1H3,(H,19,21)/t12-,14+,15+/m0/s1. The monoisotopic (exact) mass is 321 g/mol. The van der Waals surface area contributed by atoms with Crippen LogP contribution in [0.4, 0.5) is 0 Å². The number of carbonyl (C=O) groups excluding carboxylic acids is 1. The van der Waals surface area contributed by atoms with Crippen molar-refractivity contribution in [3.63, 3.8) is 0 Å². The fourth-order valence-electron chi connectivity index (χ4n) is 3.19. The Morgan fingerprint density at radius 3 is 2.96 bits per heavy atom. The zero-order chi connectivity index (χ0) is 16.2. The molecule has 2 aliphatic carbocycles. The number of aromatic nitrogens is 1. The van der Waals surface area contributed by atoms with E-state index in [1.807, 2.05) is 6.07 Å². The molecule has 3 rings (SSSR count). The van der Waals surface area contributed by atoms with Crippen LogP contribution in [0.1, 0.15) is 62.8 Å². The number of nitrogens with two attached hydrogens (primary N) is 1. The first kappa shape index (κ1) is 16.5. The molecule has 3 atom stereocenters. The number of ether oxygens (including phenoxy) is 1. The van der Waals surface area contributed by atoms with Crippen LogP contribution < -0.4 is 11.1 Å². The first-order valence-electron chi connectivity index (χ1n) is 8.77. The van der Waals surface area contributed by atoms with Gasteiger partial charge in [-0.1, -0.05) is 12.1 Å². The number of rotatable bonds is 7. The van der Waals surface area contributed by atoms with Crippen LogP contribution in [0.3, 0.4) is 0 Å². The lowest BCUT2D eigenvalue weighted by Gasteiger charge is -2.33. The Labute approximate surface area is 137 Å². The SMILES string of the molecule is CCCO[C@@H]1CC[C@H](C(=O)NCc2cc(C3CC3)on2)C[C@H]1N. The summed E-state index contributed by atoms with van der Waals surface area (Å²) >= 11 is 0. The fraction of sp³-hybridized carbons (Fsp3) is 0.765. The third-order valence-electron chi connectivity index (χ3n) is 4.74. The highest BCUT2D eigenvalue weighted by Crippen LogP contribution is 2.40. The molecule has 23 heavy (non-hydrogen) atoms. The summed E-state index contributed by atoms with van der Waals surface area (Å²) in [5.41, 5.74) is 6.96. The van der Waals surface area contributed by atoms with E-state index in [-0.39, 0.29) is 24.0 Å². The number of amides is 1. The number of nitrogens with zero attached hydrogens (tertiary/aromatic N) is 1. The van der Waals surface area contributed by atoms with E-state index >= 15 is 0 Å². The molecular weight excluding hydrogens is 294 g/mol. The Balaban J connectivity index is 1.43. The Morgan fingerprint density at radius 1 is 1.43 bits per heavy atom. The molecule has 0 aromatic carbocycles. The van der Waals surface area contributed by atoms with Crippen LogP contribution in [0, 0.1) is 5.92 Å². The molecule has 2 saturated carbocycles. The van der Waals surface area contributed by atoms with E-state index in [0.29, 0.717) is 18.9 Å². The van der Waals surface area contributed by atoms with Gasteiger partial charge < -0.3 is 20.3 Å². The van der Waals surface area contributed by atoms with Gasteiger partial charge in [0.05, 0.1) is 12.6 Å². The van der Waals surface area contributed by atoms with Crippen molar-refractivity contribution in [1.82, 2.24) is 10.5 Å². The van der Waals surface area contributed by atoms with Crippen molar-refractivity contribution < 1.29 is 14.1 Å². The third kappa shape index (κ3) is 4.32. The molecule has 0 radical (unpaired) electrons. The number of nitrogens with one attached hydrogen (secondary N) is 1. The van der Waals surface area contributed by atoms with Crippen LogP contribution in [0.2, 0.25) is 0 Å². The number of carbonyl (C=O) groups is 1. The molecule has 3 N–H and O–H groups in total. The van der Waals surface area contributed by atoms with Crippen LogP contribution >= 0.6 is 0 Å². The van der Waals surface area contributed by atoms with Gasteiger partial charge >= 0.3 is 0 Å². The van der Waals surface area contributed by atoms with Gasteiger partial charge in [0, 0.05) is 30.6 Å². The molecule has 6 nitrogen and oxygen atoms in total.